The minimum atomic E-state index is -4.30. The highest BCUT2D eigenvalue weighted by Gasteiger charge is 2.30. The van der Waals surface area contributed by atoms with Crippen LogP contribution in [0, 0.1) is 0 Å². The fourth-order valence-electron chi connectivity index (χ4n) is 1.89. The van der Waals surface area contributed by atoms with Gasteiger partial charge in [-0.2, -0.15) is 13.2 Å². The van der Waals surface area contributed by atoms with Gasteiger partial charge >= 0.3 is 6.18 Å². The largest absolute Gasteiger partial charge is 0.416 e. The molecule has 1 rings (SSSR count). The summed E-state index contributed by atoms with van der Waals surface area (Å²) in [5, 5.41) is 2.97. The van der Waals surface area contributed by atoms with E-state index >= 15 is 0 Å². The zero-order valence-corrected chi connectivity index (χ0v) is 15.1. The summed E-state index contributed by atoms with van der Waals surface area (Å²) in [5.74, 6) is 0.395. The molecule has 0 aromatic heterocycles. The molecule has 126 valence electrons. The maximum atomic E-state index is 12.7. The van der Waals surface area contributed by atoms with Gasteiger partial charge in [-0.05, 0) is 30.4 Å². The molecule has 0 amide bonds. The van der Waals surface area contributed by atoms with Gasteiger partial charge in [0.1, 0.15) is 0 Å². The van der Waals surface area contributed by atoms with Crippen molar-refractivity contribution in [3.05, 3.63) is 35.4 Å². The smallest absolute Gasteiger partial charge is 0.370 e. The number of nitrogens with one attached hydrogen (secondary N) is 1. The number of guanidine groups is 1. The normalized spacial score (nSPS) is 13.4. The molecule has 0 aliphatic heterocycles. The van der Waals surface area contributed by atoms with E-state index < -0.39 is 11.7 Å². The molecule has 0 fully saturated rings. The Morgan fingerprint density at radius 1 is 1.36 bits per heavy atom. The molecule has 1 atom stereocenters. The van der Waals surface area contributed by atoms with Crippen molar-refractivity contribution in [2.45, 2.75) is 38.8 Å². The Bertz CT molecular complexity index is 475. The van der Waals surface area contributed by atoms with Crippen LogP contribution in [0.2, 0.25) is 0 Å². The number of rotatable bonds is 6. The van der Waals surface area contributed by atoms with Crippen LogP contribution in [0.1, 0.15) is 43.7 Å². The van der Waals surface area contributed by atoms with Crippen LogP contribution in [0.25, 0.3) is 0 Å². The number of halogens is 4. The van der Waals surface area contributed by atoms with Gasteiger partial charge in [0.2, 0.25) is 0 Å². The molecule has 0 saturated carbocycles. The summed E-state index contributed by atoms with van der Waals surface area (Å²) in [5.41, 5.74) is 5.73. The second-order valence-electron chi connectivity index (χ2n) is 5.01. The van der Waals surface area contributed by atoms with Crippen molar-refractivity contribution in [3.63, 3.8) is 0 Å². The standard InChI is InChI=1S/C15H22F3N3.HI/c1-3-8-20-14(19)21-9-7-11(2)12-5-4-6-13(10-12)15(16,17)18;/h4-6,10-11H,3,7-9H2,1-2H3,(H3,19,20,21);1H. The van der Waals surface area contributed by atoms with Gasteiger partial charge in [-0.3, -0.25) is 4.99 Å². The number of alkyl halides is 3. The van der Waals surface area contributed by atoms with Crippen molar-refractivity contribution in [1.29, 1.82) is 0 Å². The third kappa shape index (κ3) is 7.33. The average molecular weight is 429 g/mol. The summed E-state index contributed by atoms with van der Waals surface area (Å²) in [6.45, 7) is 5.15. The molecule has 0 radical (unpaired) electrons. The summed E-state index contributed by atoms with van der Waals surface area (Å²) in [7, 11) is 0. The molecular weight excluding hydrogens is 406 g/mol. The Hall–Kier alpha value is -0.990. The Morgan fingerprint density at radius 2 is 2.05 bits per heavy atom. The quantitative estimate of drug-likeness (QED) is 0.406. The molecule has 0 aliphatic carbocycles. The minimum absolute atomic E-state index is 0. The Labute approximate surface area is 146 Å². The van der Waals surface area contributed by atoms with Crippen molar-refractivity contribution >= 4 is 29.9 Å². The second-order valence-corrected chi connectivity index (χ2v) is 5.01. The lowest BCUT2D eigenvalue weighted by Crippen LogP contribution is -2.33. The molecule has 22 heavy (non-hydrogen) atoms. The molecule has 3 nitrogen and oxygen atoms in total. The molecule has 3 N–H and O–H groups in total. The van der Waals surface area contributed by atoms with Gasteiger partial charge in [0, 0.05) is 13.1 Å². The summed E-state index contributed by atoms with van der Waals surface area (Å²) in [6.07, 6.45) is -2.70. The molecule has 0 spiro atoms. The maximum Gasteiger partial charge on any atom is 0.416 e. The maximum absolute atomic E-state index is 12.7. The molecular formula is C15H23F3IN3. The number of nitrogens with two attached hydrogens (primary N) is 1. The van der Waals surface area contributed by atoms with Crippen molar-refractivity contribution in [2.24, 2.45) is 10.7 Å². The van der Waals surface area contributed by atoms with Gasteiger partial charge in [-0.25, -0.2) is 0 Å². The number of nitrogens with zero attached hydrogens (tertiary/aromatic N) is 1. The van der Waals surface area contributed by atoms with E-state index in [0.29, 0.717) is 31.0 Å². The summed E-state index contributed by atoms with van der Waals surface area (Å²) >= 11 is 0. The van der Waals surface area contributed by atoms with Gasteiger partial charge in [0.25, 0.3) is 0 Å². The summed E-state index contributed by atoms with van der Waals surface area (Å²) in [6, 6.07) is 5.46. The van der Waals surface area contributed by atoms with E-state index in [1.807, 2.05) is 13.8 Å². The summed E-state index contributed by atoms with van der Waals surface area (Å²) < 4.78 is 38.0. The third-order valence-corrected chi connectivity index (χ3v) is 3.17. The van der Waals surface area contributed by atoms with Gasteiger partial charge in [0.05, 0.1) is 5.56 Å². The zero-order chi connectivity index (χ0) is 15.9. The number of benzene rings is 1. The lowest BCUT2D eigenvalue weighted by Gasteiger charge is -2.15. The topological polar surface area (TPSA) is 50.4 Å². The number of hydrogen-bond acceptors (Lipinski definition) is 1. The minimum Gasteiger partial charge on any atom is -0.370 e. The van der Waals surface area contributed by atoms with Crippen molar-refractivity contribution in [1.82, 2.24) is 5.32 Å². The lowest BCUT2D eigenvalue weighted by molar-refractivity contribution is -0.137. The monoisotopic (exact) mass is 429 g/mol. The van der Waals surface area contributed by atoms with Crippen LogP contribution in [-0.4, -0.2) is 19.0 Å². The van der Waals surface area contributed by atoms with Crippen LogP contribution in [0.15, 0.2) is 29.3 Å². The summed E-state index contributed by atoms with van der Waals surface area (Å²) in [4.78, 5) is 4.09. The van der Waals surface area contributed by atoms with E-state index in [2.05, 4.69) is 10.3 Å². The molecule has 0 heterocycles. The highest BCUT2D eigenvalue weighted by atomic mass is 127. The SMILES string of the molecule is CCCN=C(N)NCCC(C)c1cccc(C(F)(F)F)c1.I. The Morgan fingerprint density at radius 3 is 2.64 bits per heavy atom. The first-order valence-corrected chi connectivity index (χ1v) is 7.05. The number of hydrogen-bond donors (Lipinski definition) is 2. The van der Waals surface area contributed by atoms with Crippen LogP contribution in [0.4, 0.5) is 13.2 Å². The van der Waals surface area contributed by atoms with Crippen molar-refractivity contribution < 1.29 is 13.2 Å². The van der Waals surface area contributed by atoms with Gasteiger partial charge in [-0.1, -0.05) is 32.0 Å². The molecule has 0 saturated heterocycles. The first-order chi connectivity index (χ1) is 9.84. The third-order valence-electron chi connectivity index (χ3n) is 3.17. The van der Waals surface area contributed by atoms with Crippen molar-refractivity contribution in [3.8, 4) is 0 Å². The lowest BCUT2D eigenvalue weighted by atomic mass is 9.96. The average Bonchev–Trinajstić information content (AvgIpc) is 2.44. The predicted octanol–water partition coefficient (Wildman–Crippen LogP) is 4.13. The molecule has 1 unspecified atom stereocenters. The van der Waals surface area contributed by atoms with Gasteiger partial charge in [0.15, 0.2) is 5.96 Å². The van der Waals surface area contributed by atoms with Crippen molar-refractivity contribution in [2.75, 3.05) is 13.1 Å². The highest BCUT2D eigenvalue weighted by molar-refractivity contribution is 14.0. The first kappa shape index (κ1) is 21.0. The molecule has 1 aromatic carbocycles. The molecule has 0 aliphatic rings. The van der Waals surface area contributed by atoms with Crippen LogP contribution in [-0.2, 0) is 6.18 Å². The number of aliphatic imine (C=N–C) groups is 1. The van der Waals surface area contributed by atoms with E-state index in [9.17, 15) is 13.2 Å². The van der Waals surface area contributed by atoms with Crippen LogP contribution < -0.4 is 11.1 Å². The van der Waals surface area contributed by atoms with Crippen LogP contribution in [0.3, 0.4) is 0 Å². The van der Waals surface area contributed by atoms with E-state index in [1.165, 1.54) is 12.1 Å². The van der Waals surface area contributed by atoms with Gasteiger partial charge < -0.3 is 11.1 Å². The molecule has 7 heteroatoms. The Balaban J connectivity index is 0.00000441. The van der Waals surface area contributed by atoms with E-state index in [0.717, 1.165) is 12.5 Å². The molecule has 0 bridgehead atoms. The Kier molecular flexibility index (Phi) is 9.47. The zero-order valence-electron chi connectivity index (χ0n) is 12.8. The highest BCUT2D eigenvalue weighted by Crippen LogP contribution is 2.31. The van der Waals surface area contributed by atoms with E-state index in [1.54, 1.807) is 6.07 Å². The van der Waals surface area contributed by atoms with Gasteiger partial charge in [-0.15, -0.1) is 24.0 Å². The van der Waals surface area contributed by atoms with Crippen LogP contribution in [0.5, 0.6) is 0 Å². The predicted molar refractivity (Wildman–Crippen MR) is 94.7 cm³/mol. The second kappa shape index (κ2) is 9.91. The molecule has 1 aromatic rings. The fraction of sp³-hybridized carbons (Fsp3) is 0.533. The van der Waals surface area contributed by atoms with E-state index in [-0.39, 0.29) is 29.9 Å². The fourth-order valence-corrected chi connectivity index (χ4v) is 1.89. The van der Waals surface area contributed by atoms with Crippen LogP contribution >= 0.6 is 24.0 Å². The van der Waals surface area contributed by atoms with E-state index in [4.69, 9.17) is 5.73 Å². The first-order valence-electron chi connectivity index (χ1n) is 7.05.